The van der Waals surface area contributed by atoms with Crippen molar-refractivity contribution in [3.63, 3.8) is 0 Å². The Bertz CT molecular complexity index is 1160. The third kappa shape index (κ3) is 5.57. The Balaban J connectivity index is 1.73. The molecular weight excluding hydrogens is 433 g/mol. The molecule has 1 amide bonds. The van der Waals surface area contributed by atoms with Crippen molar-refractivity contribution in [3.05, 3.63) is 94.0 Å². The molecule has 0 aliphatic carbocycles. The van der Waals surface area contributed by atoms with Crippen LogP contribution in [0.1, 0.15) is 15.9 Å². The SMILES string of the molecule is O=C(N/N=C\c1ccccc1Cl)c1cccc(S(=O)(=O)Nc2ccc(Cl)cc2)c1. The number of benzene rings is 3. The van der Waals surface area contributed by atoms with Gasteiger partial charge < -0.3 is 0 Å². The van der Waals surface area contributed by atoms with E-state index in [2.05, 4.69) is 15.2 Å². The third-order valence-electron chi connectivity index (χ3n) is 3.78. The molecule has 0 bridgehead atoms. The van der Waals surface area contributed by atoms with Gasteiger partial charge >= 0.3 is 0 Å². The van der Waals surface area contributed by atoms with Gasteiger partial charge in [0.1, 0.15) is 0 Å². The molecule has 9 heteroatoms. The molecule has 29 heavy (non-hydrogen) atoms. The first kappa shape index (κ1) is 20.9. The van der Waals surface area contributed by atoms with Gasteiger partial charge in [-0.25, -0.2) is 13.8 Å². The lowest BCUT2D eigenvalue weighted by molar-refractivity contribution is 0.0955. The molecule has 3 aromatic rings. The average molecular weight is 448 g/mol. The first-order chi connectivity index (χ1) is 13.8. The molecule has 148 valence electrons. The summed E-state index contributed by atoms with van der Waals surface area (Å²) >= 11 is 11.8. The fourth-order valence-corrected chi connectivity index (χ4v) is 3.76. The highest BCUT2D eigenvalue weighted by molar-refractivity contribution is 7.92. The number of anilines is 1. The standard InChI is InChI=1S/C20H15Cl2N3O3S/c21-16-8-10-17(11-9-16)25-29(27,28)18-6-3-5-14(12-18)20(26)24-23-13-15-4-1-2-7-19(15)22/h1-13,25H,(H,24,26)/b23-13-. The van der Waals surface area contributed by atoms with Crippen molar-refractivity contribution in [1.82, 2.24) is 5.43 Å². The number of sulfonamides is 1. The molecule has 3 rings (SSSR count). The number of carbonyl (C=O) groups excluding carboxylic acids is 1. The summed E-state index contributed by atoms with van der Waals surface area (Å²) in [5, 5.41) is 4.84. The highest BCUT2D eigenvalue weighted by Gasteiger charge is 2.16. The Labute approximate surface area is 178 Å². The van der Waals surface area contributed by atoms with Crippen LogP contribution in [0.3, 0.4) is 0 Å². The molecule has 0 fully saturated rings. The van der Waals surface area contributed by atoms with Crippen LogP contribution in [0.5, 0.6) is 0 Å². The zero-order valence-electron chi connectivity index (χ0n) is 14.8. The first-order valence-corrected chi connectivity index (χ1v) is 10.6. The van der Waals surface area contributed by atoms with E-state index in [0.29, 0.717) is 21.3 Å². The van der Waals surface area contributed by atoms with E-state index in [-0.39, 0.29) is 10.5 Å². The number of hydrogen-bond acceptors (Lipinski definition) is 4. The van der Waals surface area contributed by atoms with E-state index in [4.69, 9.17) is 23.2 Å². The highest BCUT2D eigenvalue weighted by Crippen LogP contribution is 2.19. The maximum absolute atomic E-state index is 12.6. The molecule has 0 radical (unpaired) electrons. The second-order valence-corrected chi connectivity index (χ2v) is 8.39. The number of hydrazone groups is 1. The number of halogens is 2. The molecule has 0 saturated carbocycles. The number of nitrogens with one attached hydrogen (secondary N) is 2. The van der Waals surface area contributed by atoms with Gasteiger partial charge in [-0.05, 0) is 48.5 Å². The van der Waals surface area contributed by atoms with Gasteiger partial charge in [-0.2, -0.15) is 5.10 Å². The zero-order valence-corrected chi connectivity index (χ0v) is 17.2. The van der Waals surface area contributed by atoms with Crippen molar-refractivity contribution >= 4 is 51.0 Å². The van der Waals surface area contributed by atoms with Crippen molar-refractivity contribution < 1.29 is 13.2 Å². The van der Waals surface area contributed by atoms with Crippen LogP contribution in [0.4, 0.5) is 5.69 Å². The quantitative estimate of drug-likeness (QED) is 0.428. The zero-order chi connectivity index (χ0) is 20.9. The molecule has 2 N–H and O–H groups in total. The normalized spacial score (nSPS) is 11.4. The maximum Gasteiger partial charge on any atom is 0.271 e. The first-order valence-electron chi connectivity index (χ1n) is 8.31. The lowest BCUT2D eigenvalue weighted by Gasteiger charge is -2.09. The van der Waals surface area contributed by atoms with Gasteiger partial charge in [-0.15, -0.1) is 0 Å². The van der Waals surface area contributed by atoms with E-state index in [1.807, 2.05) is 0 Å². The van der Waals surface area contributed by atoms with Gasteiger partial charge in [0, 0.05) is 26.9 Å². The van der Waals surface area contributed by atoms with E-state index < -0.39 is 15.9 Å². The maximum atomic E-state index is 12.6. The predicted octanol–water partition coefficient (Wildman–Crippen LogP) is 4.56. The summed E-state index contributed by atoms with van der Waals surface area (Å²) in [5.74, 6) is -0.558. The Morgan fingerprint density at radius 2 is 1.66 bits per heavy atom. The molecular formula is C20H15Cl2N3O3S. The van der Waals surface area contributed by atoms with Crippen LogP contribution in [0, 0.1) is 0 Å². The van der Waals surface area contributed by atoms with E-state index in [1.54, 1.807) is 48.5 Å². The van der Waals surface area contributed by atoms with Crippen molar-refractivity contribution in [3.8, 4) is 0 Å². The van der Waals surface area contributed by atoms with Gasteiger partial charge in [-0.3, -0.25) is 9.52 Å². The Kier molecular flexibility index (Phi) is 6.53. The summed E-state index contributed by atoms with van der Waals surface area (Å²) in [6, 6.07) is 18.9. The third-order valence-corrected chi connectivity index (χ3v) is 5.75. The van der Waals surface area contributed by atoms with Crippen molar-refractivity contribution in [1.29, 1.82) is 0 Å². The lowest BCUT2D eigenvalue weighted by atomic mass is 10.2. The molecule has 0 unspecified atom stereocenters. The van der Waals surface area contributed by atoms with Crippen LogP contribution in [-0.4, -0.2) is 20.5 Å². The van der Waals surface area contributed by atoms with E-state index in [1.165, 1.54) is 30.5 Å². The van der Waals surface area contributed by atoms with Crippen molar-refractivity contribution in [2.45, 2.75) is 4.90 Å². The van der Waals surface area contributed by atoms with Crippen LogP contribution in [0.2, 0.25) is 10.0 Å². The number of hydrogen-bond donors (Lipinski definition) is 2. The van der Waals surface area contributed by atoms with Crippen molar-refractivity contribution in [2.75, 3.05) is 4.72 Å². The lowest BCUT2D eigenvalue weighted by Crippen LogP contribution is -2.19. The fraction of sp³-hybridized carbons (Fsp3) is 0. The minimum Gasteiger partial charge on any atom is -0.280 e. The molecule has 3 aromatic carbocycles. The minimum absolute atomic E-state index is 0.0600. The van der Waals surface area contributed by atoms with Crippen LogP contribution in [-0.2, 0) is 10.0 Å². The predicted molar refractivity (Wildman–Crippen MR) is 115 cm³/mol. The molecule has 0 aliphatic heterocycles. The fourth-order valence-electron chi connectivity index (χ4n) is 2.34. The summed E-state index contributed by atoms with van der Waals surface area (Å²) in [5.41, 5.74) is 3.48. The average Bonchev–Trinajstić information content (AvgIpc) is 2.71. The summed E-state index contributed by atoms with van der Waals surface area (Å²) in [6.45, 7) is 0. The van der Waals surface area contributed by atoms with Crippen LogP contribution >= 0.6 is 23.2 Å². The molecule has 0 spiro atoms. The molecule has 0 aromatic heterocycles. The second kappa shape index (κ2) is 9.09. The summed E-state index contributed by atoms with van der Waals surface area (Å²) in [6.07, 6.45) is 1.41. The van der Waals surface area contributed by atoms with Crippen molar-refractivity contribution in [2.24, 2.45) is 5.10 Å². The van der Waals surface area contributed by atoms with Crippen LogP contribution in [0.15, 0.2) is 82.8 Å². The number of carbonyl (C=O) groups is 1. The van der Waals surface area contributed by atoms with E-state index in [9.17, 15) is 13.2 Å². The van der Waals surface area contributed by atoms with E-state index in [0.717, 1.165) is 0 Å². The number of amides is 1. The van der Waals surface area contributed by atoms with E-state index >= 15 is 0 Å². The number of rotatable bonds is 6. The topological polar surface area (TPSA) is 87.6 Å². The minimum atomic E-state index is -3.88. The monoisotopic (exact) mass is 447 g/mol. The van der Waals surface area contributed by atoms with Crippen LogP contribution < -0.4 is 10.1 Å². The molecule has 0 heterocycles. The van der Waals surface area contributed by atoms with Gasteiger partial charge in [0.2, 0.25) is 0 Å². The highest BCUT2D eigenvalue weighted by atomic mass is 35.5. The molecule has 0 atom stereocenters. The Morgan fingerprint density at radius 1 is 0.931 bits per heavy atom. The van der Waals surface area contributed by atoms with Gasteiger partial charge in [0.05, 0.1) is 11.1 Å². The van der Waals surface area contributed by atoms with Crippen LogP contribution in [0.25, 0.3) is 0 Å². The summed E-state index contributed by atoms with van der Waals surface area (Å²) < 4.78 is 27.6. The molecule has 0 aliphatic rings. The molecule has 0 saturated heterocycles. The smallest absolute Gasteiger partial charge is 0.271 e. The van der Waals surface area contributed by atoms with Gasteiger partial charge in [-0.1, -0.05) is 47.5 Å². The Morgan fingerprint density at radius 3 is 2.38 bits per heavy atom. The summed E-state index contributed by atoms with van der Waals surface area (Å²) in [7, 11) is -3.88. The largest absolute Gasteiger partial charge is 0.280 e. The summed E-state index contributed by atoms with van der Waals surface area (Å²) in [4.78, 5) is 12.2. The molecule has 6 nitrogen and oxygen atoms in total. The second-order valence-electron chi connectivity index (χ2n) is 5.86. The van der Waals surface area contributed by atoms with Gasteiger partial charge in [0.25, 0.3) is 15.9 Å². The van der Waals surface area contributed by atoms with Gasteiger partial charge in [0.15, 0.2) is 0 Å². The Hall–Kier alpha value is -2.87. The number of nitrogens with zero attached hydrogens (tertiary/aromatic N) is 1.